The summed E-state index contributed by atoms with van der Waals surface area (Å²) in [5.41, 5.74) is 3.60. The van der Waals surface area contributed by atoms with Gasteiger partial charge in [0.1, 0.15) is 12.8 Å². The monoisotopic (exact) mass is 804 g/mol. The summed E-state index contributed by atoms with van der Waals surface area (Å²) >= 11 is 0. The second-order valence-electron chi connectivity index (χ2n) is 14.8. The van der Waals surface area contributed by atoms with Crippen molar-refractivity contribution in [2.75, 3.05) is 19.7 Å². The molecule has 57 heavy (non-hydrogen) atoms. The zero-order valence-electron chi connectivity index (χ0n) is 34.7. The van der Waals surface area contributed by atoms with Crippen LogP contribution in [0.3, 0.4) is 0 Å². The van der Waals surface area contributed by atoms with Gasteiger partial charge in [-0.15, -0.1) is 0 Å². The molecule has 0 saturated carbocycles. The van der Waals surface area contributed by atoms with Crippen molar-refractivity contribution in [2.24, 2.45) is 4.99 Å². The number of amides is 1. The quantitative estimate of drug-likeness (QED) is 0.0279. The van der Waals surface area contributed by atoms with Crippen LogP contribution in [-0.2, 0) is 28.1 Å². The molecule has 14 heteroatoms. The van der Waals surface area contributed by atoms with Crippen LogP contribution in [0.1, 0.15) is 117 Å². The molecule has 2 aliphatic rings. The molecule has 2 aromatic carbocycles. The van der Waals surface area contributed by atoms with E-state index in [1.54, 1.807) is 0 Å². The number of aromatic amines is 1. The van der Waals surface area contributed by atoms with Crippen LogP contribution in [0.2, 0.25) is 0 Å². The number of carbonyl (C=O) groups is 2. The van der Waals surface area contributed by atoms with Crippen molar-refractivity contribution in [3.05, 3.63) is 98.3 Å². The Labute approximate surface area is 338 Å². The van der Waals surface area contributed by atoms with Gasteiger partial charge < -0.3 is 23.8 Å². The fourth-order valence-electron chi connectivity index (χ4n) is 7.24. The van der Waals surface area contributed by atoms with E-state index >= 15 is 0 Å². The SMILES string of the molecule is [2H]C[C@H]1O[C@@H](n2cc(/C=C/C(=O)NCCCCCCCC(=O)OCC3c4ccccc4-c4ccccc43)c(=O)[nH]c2=O)C[C@H]1OP(OC=NCC)N(C(C)C)C(C)C. The molecule has 308 valence electrons. The van der Waals surface area contributed by atoms with Crippen LogP contribution < -0.4 is 16.6 Å². The van der Waals surface area contributed by atoms with Crippen molar-refractivity contribution in [3.63, 3.8) is 0 Å². The molecule has 3 aromatic rings. The van der Waals surface area contributed by atoms with E-state index in [0.29, 0.717) is 26.1 Å². The third-order valence-corrected chi connectivity index (χ3v) is 12.0. The lowest BCUT2D eigenvalue weighted by atomic mass is 9.98. The molecule has 1 saturated heterocycles. The first-order valence-corrected chi connectivity index (χ1v) is 21.1. The first-order chi connectivity index (χ1) is 28.0. The first-order valence-electron chi connectivity index (χ1n) is 20.7. The van der Waals surface area contributed by atoms with E-state index in [1.807, 2.05) is 58.9 Å². The summed E-state index contributed by atoms with van der Waals surface area (Å²) in [4.78, 5) is 57.2. The largest absolute Gasteiger partial charge is 0.465 e. The lowest BCUT2D eigenvalue weighted by Crippen LogP contribution is -2.35. The average molecular weight is 805 g/mol. The highest BCUT2D eigenvalue weighted by molar-refractivity contribution is 7.45. The molecule has 1 unspecified atom stereocenters. The Hall–Kier alpha value is -4.42. The van der Waals surface area contributed by atoms with Crippen LogP contribution in [0.15, 0.2) is 75.4 Å². The Morgan fingerprint density at radius 2 is 1.70 bits per heavy atom. The van der Waals surface area contributed by atoms with Crippen LogP contribution in [0.4, 0.5) is 0 Å². The van der Waals surface area contributed by atoms with Gasteiger partial charge in [0.15, 0.2) is 6.40 Å². The number of aliphatic imine (C=N–C) groups is 1. The normalized spacial score (nSPS) is 18.7. The highest BCUT2D eigenvalue weighted by atomic mass is 31.2. The van der Waals surface area contributed by atoms with Crippen molar-refractivity contribution < 1.29 is 29.5 Å². The molecule has 2 heterocycles. The number of unbranched alkanes of at least 4 members (excludes halogenated alkanes) is 4. The van der Waals surface area contributed by atoms with Crippen LogP contribution >= 0.6 is 8.53 Å². The lowest BCUT2D eigenvalue weighted by molar-refractivity contribution is -0.144. The van der Waals surface area contributed by atoms with Gasteiger partial charge in [0.05, 0.1) is 17.8 Å². The van der Waals surface area contributed by atoms with Gasteiger partial charge in [0.25, 0.3) is 5.56 Å². The van der Waals surface area contributed by atoms with Gasteiger partial charge in [-0.25, -0.2) is 9.46 Å². The topological polar surface area (TPSA) is 154 Å². The van der Waals surface area contributed by atoms with Gasteiger partial charge in [-0.2, -0.15) is 0 Å². The molecule has 1 fully saturated rings. The van der Waals surface area contributed by atoms with E-state index in [1.165, 1.54) is 51.6 Å². The minimum Gasteiger partial charge on any atom is -0.465 e. The second kappa shape index (κ2) is 21.4. The average Bonchev–Trinajstić information content (AvgIpc) is 3.75. The van der Waals surface area contributed by atoms with Gasteiger partial charge in [-0.05, 0) is 82.7 Å². The maximum Gasteiger partial charge on any atom is 0.330 e. The van der Waals surface area contributed by atoms with E-state index in [9.17, 15) is 19.2 Å². The lowest BCUT2D eigenvalue weighted by Gasteiger charge is -2.36. The Kier molecular flexibility index (Phi) is 15.8. The van der Waals surface area contributed by atoms with Crippen LogP contribution in [0, 0.1) is 0 Å². The number of nitrogens with zero attached hydrogens (tertiary/aromatic N) is 3. The minimum atomic E-state index is -1.60. The Bertz CT molecular complexity index is 1950. The molecule has 0 spiro atoms. The van der Waals surface area contributed by atoms with E-state index in [4.69, 9.17) is 19.9 Å². The summed E-state index contributed by atoms with van der Waals surface area (Å²) in [6, 6.07) is 16.8. The molecular formula is C43H58N5O8P. The number of esters is 1. The Morgan fingerprint density at radius 1 is 1.04 bits per heavy atom. The van der Waals surface area contributed by atoms with Crippen molar-refractivity contribution in [1.82, 2.24) is 19.5 Å². The summed E-state index contributed by atoms with van der Waals surface area (Å²) in [7, 11) is -1.60. The fraction of sp³-hybridized carbons (Fsp3) is 0.512. The summed E-state index contributed by atoms with van der Waals surface area (Å²) in [5.74, 6) is -0.501. The van der Waals surface area contributed by atoms with Crippen LogP contribution in [0.25, 0.3) is 17.2 Å². The smallest absolute Gasteiger partial charge is 0.330 e. The summed E-state index contributed by atoms with van der Waals surface area (Å²) in [6.07, 6.45) is 8.18. The van der Waals surface area contributed by atoms with Gasteiger partial charge >= 0.3 is 20.2 Å². The van der Waals surface area contributed by atoms with E-state index < -0.39 is 38.2 Å². The molecule has 0 radical (unpaired) electrons. The standard InChI is InChI=1S/C43H58N5O8P/c1-7-44-28-54-57(48(29(2)3)30(4)5)56-38-25-40(55-31(38)6)47-26-32(42(51)46-43(47)52)22-23-39(49)45-24-16-10-8-9-11-21-41(50)53-27-37-35-19-14-12-17-33(35)34-18-13-15-20-36(34)37/h12-15,17-20,22-23,26,28-31,37-38,40H,7-11,16,21,24-25,27H2,1-6H3,(H,45,49)(H,46,51,52)/b23-22+,44-28?/t31-,38-,40-,57?/m1/s1/i6D. The molecule has 1 amide bonds. The number of carbonyl (C=O) groups excluding carboxylic acids is 2. The summed E-state index contributed by atoms with van der Waals surface area (Å²) in [6.45, 7) is 11.3. The van der Waals surface area contributed by atoms with Gasteiger partial charge in [0, 0.05) is 57.6 Å². The molecule has 0 bridgehead atoms. The molecule has 2 N–H and O–H groups in total. The van der Waals surface area contributed by atoms with Crippen LogP contribution in [-0.4, -0.2) is 76.5 Å². The molecule has 1 aromatic heterocycles. The number of hydrogen-bond donors (Lipinski definition) is 2. The number of fused-ring (bicyclic) bond motifs is 3. The van der Waals surface area contributed by atoms with Gasteiger partial charge in [0.2, 0.25) is 5.91 Å². The molecular weight excluding hydrogens is 745 g/mol. The Morgan fingerprint density at radius 3 is 2.37 bits per heavy atom. The Balaban J connectivity index is 1.03. The third kappa shape index (κ3) is 11.8. The zero-order valence-corrected chi connectivity index (χ0v) is 34.6. The number of benzene rings is 2. The second-order valence-corrected chi connectivity index (χ2v) is 16.2. The number of aromatic nitrogens is 2. The number of ether oxygens (including phenoxy) is 2. The first kappa shape index (κ1) is 42.2. The van der Waals surface area contributed by atoms with Crippen molar-refractivity contribution in [2.45, 2.75) is 123 Å². The number of H-pyrrole nitrogens is 1. The molecule has 4 atom stereocenters. The van der Waals surface area contributed by atoms with E-state index in [0.717, 1.165) is 32.1 Å². The van der Waals surface area contributed by atoms with Gasteiger partial charge in [-0.3, -0.25) is 28.9 Å². The van der Waals surface area contributed by atoms with Crippen LogP contribution in [0.5, 0.6) is 0 Å². The zero-order chi connectivity index (χ0) is 41.6. The number of rotatable bonds is 21. The van der Waals surface area contributed by atoms with E-state index in [-0.39, 0.29) is 48.8 Å². The maximum absolute atomic E-state index is 12.9. The van der Waals surface area contributed by atoms with Crippen molar-refractivity contribution >= 4 is 32.9 Å². The minimum absolute atomic E-state index is 0.0532. The molecule has 5 rings (SSSR count). The highest BCUT2D eigenvalue weighted by Gasteiger charge is 2.40. The highest BCUT2D eigenvalue weighted by Crippen LogP contribution is 2.49. The molecule has 1 aliphatic carbocycles. The predicted molar refractivity (Wildman–Crippen MR) is 224 cm³/mol. The summed E-state index contributed by atoms with van der Waals surface area (Å²) < 4.78 is 35.7. The van der Waals surface area contributed by atoms with Crippen molar-refractivity contribution in [1.29, 1.82) is 0 Å². The van der Waals surface area contributed by atoms with Gasteiger partial charge in [-0.1, -0.05) is 67.8 Å². The number of hydrogen-bond acceptors (Lipinski definition) is 10. The molecule has 1 aliphatic heterocycles. The predicted octanol–water partition coefficient (Wildman–Crippen LogP) is 7.47. The summed E-state index contributed by atoms with van der Waals surface area (Å²) in [5, 5.41) is 2.83. The third-order valence-electron chi connectivity index (χ3n) is 10.00. The van der Waals surface area contributed by atoms with E-state index in [2.05, 4.69) is 44.2 Å². The molecule has 13 nitrogen and oxygen atoms in total. The number of nitrogens with one attached hydrogen (secondary N) is 2. The maximum atomic E-state index is 12.9. The fourth-order valence-corrected chi connectivity index (χ4v) is 8.86. The van der Waals surface area contributed by atoms with Crippen molar-refractivity contribution in [3.8, 4) is 11.1 Å².